The number of rotatable bonds is 5. The average Bonchev–Trinajstić information content (AvgIpc) is 3.37. The van der Waals surface area contributed by atoms with E-state index in [0.29, 0.717) is 24.3 Å². The zero-order chi connectivity index (χ0) is 19.5. The molecule has 0 bridgehead atoms. The van der Waals surface area contributed by atoms with Gasteiger partial charge in [-0.05, 0) is 19.1 Å². The van der Waals surface area contributed by atoms with Crippen LogP contribution in [0.4, 0.5) is 5.69 Å². The second kappa shape index (κ2) is 7.55. The smallest absolute Gasteiger partial charge is 0.336 e. The Morgan fingerprint density at radius 1 is 1.21 bits per heavy atom. The number of aryl methyl sites for hydroxylation is 1. The van der Waals surface area contributed by atoms with E-state index >= 15 is 0 Å². The van der Waals surface area contributed by atoms with Crippen molar-refractivity contribution in [3.05, 3.63) is 36.7 Å². The van der Waals surface area contributed by atoms with Crippen LogP contribution in [0.15, 0.2) is 41.7 Å². The summed E-state index contributed by atoms with van der Waals surface area (Å²) in [5, 5.41) is 10.8. The number of hydrogen-bond donors (Lipinski definition) is 2. The molecule has 0 unspecified atom stereocenters. The fourth-order valence-electron chi connectivity index (χ4n) is 3.00. The fourth-order valence-corrected chi connectivity index (χ4v) is 3.00. The van der Waals surface area contributed by atoms with E-state index in [0.717, 1.165) is 36.6 Å². The number of anilines is 1. The first-order valence-corrected chi connectivity index (χ1v) is 8.96. The Balaban J connectivity index is 1.79. The molecule has 1 aromatic heterocycles. The third kappa shape index (κ3) is 3.59. The van der Waals surface area contributed by atoms with E-state index in [1.165, 1.54) is 0 Å². The van der Waals surface area contributed by atoms with Crippen LogP contribution < -0.4 is 20.1 Å². The van der Waals surface area contributed by atoms with Gasteiger partial charge in [-0.25, -0.2) is 9.59 Å². The predicted molar refractivity (Wildman–Crippen MR) is 103 cm³/mol. The summed E-state index contributed by atoms with van der Waals surface area (Å²) in [5.41, 5.74) is 2.03. The van der Waals surface area contributed by atoms with Gasteiger partial charge in [0.15, 0.2) is 11.5 Å². The highest BCUT2D eigenvalue weighted by Crippen LogP contribution is 2.44. The van der Waals surface area contributed by atoms with E-state index in [9.17, 15) is 9.59 Å². The number of nitrogens with zero attached hydrogens (tertiary/aromatic N) is 3. The zero-order valence-electron chi connectivity index (χ0n) is 15.3. The minimum Gasteiger partial charge on any atom is -0.419 e. The Bertz CT molecular complexity index is 992. The molecule has 3 heterocycles. The zero-order valence-corrected chi connectivity index (χ0v) is 15.3. The third-order valence-electron chi connectivity index (χ3n) is 4.33. The summed E-state index contributed by atoms with van der Waals surface area (Å²) < 4.78 is 12.6. The van der Waals surface area contributed by atoms with E-state index in [1.807, 2.05) is 13.1 Å². The summed E-state index contributed by atoms with van der Waals surface area (Å²) >= 11 is 0. The second-order valence-corrected chi connectivity index (χ2v) is 6.18. The van der Waals surface area contributed by atoms with E-state index in [4.69, 9.17) is 9.47 Å². The molecule has 0 aliphatic carbocycles. The van der Waals surface area contributed by atoms with Crippen LogP contribution in [0.1, 0.15) is 6.92 Å². The molecular formula is C19H19N5O4. The first-order valence-electron chi connectivity index (χ1n) is 8.96. The Morgan fingerprint density at radius 3 is 2.75 bits per heavy atom. The van der Waals surface area contributed by atoms with Crippen LogP contribution in [0.5, 0.6) is 11.5 Å². The van der Waals surface area contributed by atoms with Crippen molar-refractivity contribution in [1.82, 2.24) is 15.1 Å². The number of nitrogens with one attached hydrogen (secondary N) is 2. The van der Waals surface area contributed by atoms with Gasteiger partial charge in [-0.2, -0.15) is 5.10 Å². The van der Waals surface area contributed by atoms with Crippen molar-refractivity contribution < 1.29 is 19.1 Å². The monoisotopic (exact) mass is 381 g/mol. The van der Waals surface area contributed by atoms with E-state index < -0.39 is 11.9 Å². The molecule has 2 aliphatic rings. The lowest BCUT2D eigenvalue weighted by Gasteiger charge is -2.18. The molecule has 1 aromatic carbocycles. The highest BCUT2D eigenvalue weighted by molar-refractivity contribution is 5.98. The number of amidine groups is 1. The molecule has 2 N–H and O–H groups in total. The molecule has 0 amide bonds. The summed E-state index contributed by atoms with van der Waals surface area (Å²) in [5.74, 6) is -0.0962. The summed E-state index contributed by atoms with van der Waals surface area (Å²) in [6, 6.07) is 3.37. The lowest BCUT2D eigenvalue weighted by molar-refractivity contribution is -0.133. The minimum atomic E-state index is -0.652. The maximum Gasteiger partial charge on any atom is 0.336 e. The predicted octanol–water partition coefficient (Wildman–Crippen LogP) is 1.36. The van der Waals surface area contributed by atoms with Crippen LogP contribution in [0, 0.1) is 0 Å². The van der Waals surface area contributed by atoms with Crippen LogP contribution in [-0.2, 0) is 16.1 Å². The molecule has 0 saturated carbocycles. The van der Waals surface area contributed by atoms with Crippen molar-refractivity contribution >= 4 is 23.5 Å². The van der Waals surface area contributed by atoms with Gasteiger partial charge in [0.25, 0.3) is 0 Å². The molecule has 0 fully saturated rings. The van der Waals surface area contributed by atoms with Crippen molar-refractivity contribution in [2.24, 2.45) is 4.99 Å². The number of ether oxygens (including phenoxy) is 2. The quantitative estimate of drug-likeness (QED) is 0.595. The third-order valence-corrected chi connectivity index (χ3v) is 4.33. The van der Waals surface area contributed by atoms with Crippen molar-refractivity contribution in [2.45, 2.75) is 13.5 Å². The normalized spacial score (nSPS) is 16.8. The molecule has 9 nitrogen and oxygen atoms in total. The standard InChI is InChI=1S/C19H19N5O4/c1-2-24-11-12(9-23-24)18-13(22-10-15-20-7-8-21-15)3-4-14-19(18)28-17(26)6-5-16(25)27-14/h3-6,9,11,22H,2,7-8,10H2,1H3,(H,20,21)/b6-5+. The fraction of sp³-hybridized carbons (Fsp3) is 0.263. The van der Waals surface area contributed by atoms with Crippen LogP contribution in [0.3, 0.4) is 0 Å². The first-order chi connectivity index (χ1) is 13.6. The molecule has 2 aliphatic heterocycles. The van der Waals surface area contributed by atoms with Crippen LogP contribution in [0.2, 0.25) is 0 Å². The molecule has 4 rings (SSSR count). The number of aliphatic imine (C=N–C) groups is 1. The SMILES string of the molecule is CCn1cc(-c2c(NCC3=NCCN3)ccc3c2OC(=O)/C=C/C(=O)O3)cn1. The van der Waals surface area contributed by atoms with Gasteiger partial charge in [0.05, 0.1) is 24.8 Å². The van der Waals surface area contributed by atoms with Gasteiger partial charge in [-0.3, -0.25) is 9.67 Å². The lowest BCUT2D eigenvalue weighted by Crippen LogP contribution is -2.26. The summed E-state index contributed by atoms with van der Waals surface area (Å²) in [7, 11) is 0. The Kier molecular flexibility index (Phi) is 4.79. The Labute approximate surface area is 161 Å². The molecular weight excluding hydrogens is 362 g/mol. The summed E-state index contributed by atoms with van der Waals surface area (Å²) in [6.45, 7) is 4.72. The topological polar surface area (TPSA) is 107 Å². The number of fused-ring (bicyclic) bond motifs is 1. The number of carbonyl (C=O) groups excluding carboxylic acids is 2. The van der Waals surface area contributed by atoms with Gasteiger partial charge < -0.3 is 20.1 Å². The van der Waals surface area contributed by atoms with Crippen molar-refractivity contribution in [3.63, 3.8) is 0 Å². The van der Waals surface area contributed by atoms with E-state index in [-0.39, 0.29) is 11.5 Å². The van der Waals surface area contributed by atoms with E-state index in [1.54, 1.807) is 23.0 Å². The van der Waals surface area contributed by atoms with Crippen molar-refractivity contribution in [2.75, 3.05) is 25.0 Å². The Hall–Kier alpha value is -3.62. The number of carbonyl (C=O) groups is 2. The van der Waals surface area contributed by atoms with Crippen LogP contribution in [0.25, 0.3) is 11.1 Å². The molecule has 144 valence electrons. The molecule has 0 saturated heterocycles. The van der Waals surface area contributed by atoms with Gasteiger partial charge in [0, 0.05) is 42.7 Å². The first kappa shape index (κ1) is 17.8. The Morgan fingerprint density at radius 2 is 2.04 bits per heavy atom. The average molecular weight is 381 g/mol. The van der Waals surface area contributed by atoms with Gasteiger partial charge in [0.2, 0.25) is 0 Å². The highest BCUT2D eigenvalue weighted by atomic mass is 16.6. The largest absolute Gasteiger partial charge is 0.419 e. The van der Waals surface area contributed by atoms with Gasteiger partial charge >= 0.3 is 11.9 Å². The summed E-state index contributed by atoms with van der Waals surface area (Å²) in [4.78, 5) is 28.3. The maximum atomic E-state index is 12.1. The van der Waals surface area contributed by atoms with Crippen LogP contribution >= 0.6 is 0 Å². The van der Waals surface area contributed by atoms with Crippen molar-refractivity contribution in [1.29, 1.82) is 0 Å². The second-order valence-electron chi connectivity index (χ2n) is 6.18. The highest BCUT2D eigenvalue weighted by Gasteiger charge is 2.24. The van der Waals surface area contributed by atoms with Crippen LogP contribution in [-0.4, -0.2) is 47.2 Å². The molecule has 9 heteroatoms. The number of esters is 2. The number of hydrogen-bond acceptors (Lipinski definition) is 8. The number of aromatic nitrogens is 2. The maximum absolute atomic E-state index is 12.1. The molecule has 0 spiro atoms. The minimum absolute atomic E-state index is 0.170. The summed E-state index contributed by atoms with van der Waals surface area (Å²) in [6.07, 6.45) is 5.61. The van der Waals surface area contributed by atoms with E-state index in [2.05, 4.69) is 20.7 Å². The molecule has 28 heavy (non-hydrogen) atoms. The molecule has 0 atom stereocenters. The van der Waals surface area contributed by atoms with Gasteiger partial charge in [-0.15, -0.1) is 0 Å². The lowest BCUT2D eigenvalue weighted by atomic mass is 10.0. The van der Waals surface area contributed by atoms with Gasteiger partial charge in [-0.1, -0.05) is 0 Å². The van der Waals surface area contributed by atoms with Gasteiger partial charge in [0.1, 0.15) is 5.84 Å². The van der Waals surface area contributed by atoms with Crippen molar-refractivity contribution in [3.8, 4) is 22.6 Å². The molecule has 0 radical (unpaired) electrons. The molecule has 2 aromatic rings. The number of benzene rings is 1.